The standard InChI is InChI=1S/C22H22ClNO4/c1-22(2,28-18-11-9-17(23)10-12-18)21(26)24-14-19(25)15-5-7-16(8-6-15)20-4-3-13-27-20/h3-13,19,25H,14H2,1-2H3,(H,24,26)/t19-/m0/s1. The van der Waals surface area contributed by atoms with Crippen molar-refractivity contribution in [2.24, 2.45) is 0 Å². The number of hydrogen-bond donors (Lipinski definition) is 2. The number of carbonyl (C=O) groups excluding carboxylic acids is 1. The minimum atomic E-state index is -1.10. The van der Waals surface area contributed by atoms with E-state index in [0.717, 1.165) is 11.3 Å². The van der Waals surface area contributed by atoms with Gasteiger partial charge in [-0.2, -0.15) is 0 Å². The number of hydrogen-bond acceptors (Lipinski definition) is 4. The number of furan rings is 1. The first-order valence-corrected chi connectivity index (χ1v) is 9.28. The topological polar surface area (TPSA) is 71.7 Å². The van der Waals surface area contributed by atoms with Crippen molar-refractivity contribution in [1.29, 1.82) is 0 Å². The summed E-state index contributed by atoms with van der Waals surface area (Å²) in [4.78, 5) is 12.5. The van der Waals surface area contributed by atoms with Crippen molar-refractivity contribution in [3.05, 3.63) is 77.5 Å². The number of amides is 1. The quantitative estimate of drug-likeness (QED) is 0.608. The molecule has 0 aliphatic rings. The fourth-order valence-electron chi connectivity index (χ4n) is 2.68. The lowest BCUT2D eigenvalue weighted by atomic mass is 10.0. The number of aliphatic hydroxyl groups excluding tert-OH is 1. The van der Waals surface area contributed by atoms with Gasteiger partial charge in [0.2, 0.25) is 0 Å². The fourth-order valence-corrected chi connectivity index (χ4v) is 2.80. The van der Waals surface area contributed by atoms with Gasteiger partial charge >= 0.3 is 0 Å². The Labute approximate surface area is 168 Å². The molecule has 0 bridgehead atoms. The van der Waals surface area contributed by atoms with Crippen LogP contribution in [0.3, 0.4) is 0 Å². The normalized spacial score (nSPS) is 12.4. The second-order valence-corrected chi connectivity index (χ2v) is 7.33. The summed E-state index contributed by atoms with van der Waals surface area (Å²) in [6.07, 6.45) is 0.780. The number of ether oxygens (including phenoxy) is 1. The van der Waals surface area contributed by atoms with Gasteiger partial charge < -0.3 is 19.6 Å². The highest BCUT2D eigenvalue weighted by Crippen LogP contribution is 2.23. The second kappa shape index (κ2) is 8.50. The molecule has 28 heavy (non-hydrogen) atoms. The Balaban J connectivity index is 1.56. The first-order valence-electron chi connectivity index (χ1n) is 8.90. The number of carbonyl (C=O) groups is 1. The average Bonchev–Trinajstić information content (AvgIpc) is 3.22. The van der Waals surface area contributed by atoms with Gasteiger partial charge in [-0.05, 0) is 55.8 Å². The van der Waals surface area contributed by atoms with Crippen LogP contribution >= 0.6 is 11.6 Å². The Morgan fingerprint density at radius 1 is 1.14 bits per heavy atom. The lowest BCUT2D eigenvalue weighted by Gasteiger charge is -2.26. The van der Waals surface area contributed by atoms with E-state index in [-0.39, 0.29) is 12.5 Å². The van der Waals surface area contributed by atoms with Crippen LogP contribution in [-0.2, 0) is 4.79 Å². The van der Waals surface area contributed by atoms with Crippen molar-refractivity contribution in [1.82, 2.24) is 5.32 Å². The minimum absolute atomic E-state index is 0.0757. The van der Waals surface area contributed by atoms with Crippen LogP contribution in [0.25, 0.3) is 11.3 Å². The summed E-state index contributed by atoms with van der Waals surface area (Å²) in [5, 5.41) is 13.7. The fraction of sp³-hybridized carbons (Fsp3) is 0.227. The van der Waals surface area contributed by atoms with Gasteiger partial charge in [0.25, 0.3) is 5.91 Å². The summed E-state index contributed by atoms with van der Waals surface area (Å²) in [7, 11) is 0. The van der Waals surface area contributed by atoms with Crippen molar-refractivity contribution in [2.75, 3.05) is 6.54 Å². The molecule has 1 heterocycles. The van der Waals surface area contributed by atoms with Crippen LogP contribution < -0.4 is 10.1 Å². The smallest absolute Gasteiger partial charge is 0.263 e. The molecular formula is C22H22ClNO4. The maximum absolute atomic E-state index is 12.5. The van der Waals surface area contributed by atoms with E-state index in [4.69, 9.17) is 20.8 Å². The Bertz CT molecular complexity index is 903. The van der Waals surface area contributed by atoms with Gasteiger partial charge in [-0.1, -0.05) is 35.9 Å². The zero-order valence-electron chi connectivity index (χ0n) is 15.7. The van der Waals surface area contributed by atoms with Gasteiger partial charge in [0, 0.05) is 17.1 Å². The lowest BCUT2D eigenvalue weighted by molar-refractivity contribution is -0.134. The number of halogens is 1. The molecule has 3 rings (SSSR count). The first kappa shape index (κ1) is 20.0. The van der Waals surface area contributed by atoms with Crippen molar-refractivity contribution >= 4 is 17.5 Å². The van der Waals surface area contributed by atoms with Crippen molar-refractivity contribution in [3.8, 4) is 17.1 Å². The van der Waals surface area contributed by atoms with Crippen molar-refractivity contribution in [3.63, 3.8) is 0 Å². The molecule has 1 atom stereocenters. The Morgan fingerprint density at radius 2 is 1.82 bits per heavy atom. The van der Waals surface area contributed by atoms with Crippen LogP contribution in [-0.4, -0.2) is 23.2 Å². The van der Waals surface area contributed by atoms with Crippen LogP contribution in [0.4, 0.5) is 0 Å². The molecule has 2 N–H and O–H groups in total. The highest BCUT2D eigenvalue weighted by molar-refractivity contribution is 6.30. The largest absolute Gasteiger partial charge is 0.478 e. The van der Waals surface area contributed by atoms with Crippen LogP contribution in [0.1, 0.15) is 25.5 Å². The van der Waals surface area contributed by atoms with Crippen LogP contribution in [0, 0.1) is 0 Å². The molecule has 0 saturated carbocycles. The van der Waals surface area contributed by atoms with E-state index in [9.17, 15) is 9.90 Å². The van der Waals surface area contributed by atoms with Crippen molar-refractivity contribution in [2.45, 2.75) is 25.6 Å². The lowest BCUT2D eigenvalue weighted by Crippen LogP contribution is -2.47. The Hall–Kier alpha value is -2.76. The Morgan fingerprint density at radius 3 is 2.43 bits per heavy atom. The average molecular weight is 400 g/mol. The van der Waals surface area contributed by atoms with E-state index in [0.29, 0.717) is 16.3 Å². The molecule has 1 aromatic heterocycles. The SMILES string of the molecule is CC(C)(Oc1ccc(Cl)cc1)C(=O)NC[C@H](O)c1ccc(-c2ccco2)cc1. The third-order valence-electron chi connectivity index (χ3n) is 4.29. The van der Waals surface area contributed by atoms with E-state index < -0.39 is 11.7 Å². The maximum atomic E-state index is 12.5. The summed E-state index contributed by atoms with van der Waals surface area (Å²) in [6, 6.07) is 17.8. The highest BCUT2D eigenvalue weighted by Gasteiger charge is 2.30. The monoisotopic (exact) mass is 399 g/mol. The highest BCUT2D eigenvalue weighted by atomic mass is 35.5. The van der Waals surface area contributed by atoms with Crippen LogP contribution in [0.5, 0.6) is 5.75 Å². The number of nitrogens with one attached hydrogen (secondary N) is 1. The molecule has 0 spiro atoms. The molecule has 6 heteroatoms. The number of aliphatic hydroxyl groups is 1. The molecule has 0 fully saturated rings. The van der Waals surface area contributed by atoms with E-state index in [2.05, 4.69) is 5.32 Å². The third kappa shape index (κ3) is 4.94. The van der Waals surface area contributed by atoms with Crippen LogP contribution in [0.2, 0.25) is 5.02 Å². The molecule has 3 aromatic rings. The molecule has 0 aliphatic heterocycles. The summed E-state index contributed by atoms with van der Waals surface area (Å²) < 4.78 is 11.1. The van der Waals surface area contributed by atoms with Crippen molar-refractivity contribution < 1.29 is 19.1 Å². The van der Waals surface area contributed by atoms with Gasteiger partial charge in [0.1, 0.15) is 11.5 Å². The molecule has 2 aromatic carbocycles. The van der Waals surface area contributed by atoms with Crippen LogP contribution in [0.15, 0.2) is 71.3 Å². The summed E-state index contributed by atoms with van der Waals surface area (Å²) in [5.74, 6) is 0.975. The molecule has 1 amide bonds. The van der Waals surface area contributed by atoms with Gasteiger partial charge in [-0.25, -0.2) is 0 Å². The van der Waals surface area contributed by atoms with E-state index in [1.165, 1.54) is 0 Å². The van der Waals surface area contributed by atoms with E-state index in [1.54, 1.807) is 44.4 Å². The zero-order chi connectivity index (χ0) is 20.1. The van der Waals surface area contributed by atoms with Gasteiger partial charge in [0.15, 0.2) is 5.60 Å². The van der Waals surface area contributed by atoms with Gasteiger partial charge in [-0.15, -0.1) is 0 Å². The summed E-state index contributed by atoms with van der Waals surface area (Å²) in [6.45, 7) is 3.41. The molecule has 0 unspecified atom stereocenters. The van der Waals surface area contributed by atoms with Gasteiger partial charge in [-0.3, -0.25) is 4.79 Å². The molecular weight excluding hydrogens is 378 g/mol. The Kier molecular flexibility index (Phi) is 6.07. The first-order chi connectivity index (χ1) is 13.3. The van der Waals surface area contributed by atoms with E-state index >= 15 is 0 Å². The third-order valence-corrected chi connectivity index (χ3v) is 4.54. The molecule has 5 nitrogen and oxygen atoms in total. The molecule has 0 aliphatic carbocycles. The predicted molar refractivity (Wildman–Crippen MR) is 108 cm³/mol. The molecule has 146 valence electrons. The molecule has 0 saturated heterocycles. The summed E-state index contributed by atoms with van der Waals surface area (Å²) in [5.41, 5.74) is 0.519. The molecule has 0 radical (unpaired) electrons. The summed E-state index contributed by atoms with van der Waals surface area (Å²) >= 11 is 5.86. The van der Waals surface area contributed by atoms with E-state index in [1.807, 2.05) is 36.4 Å². The number of rotatable bonds is 7. The zero-order valence-corrected chi connectivity index (χ0v) is 16.4. The second-order valence-electron chi connectivity index (χ2n) is 6.89. The maximum Gasteiger partial charge on any atom is 0.263 e. The minimum Gasteiger partial charge on any atom is -0.478 e. The van der Waals surface area contributed by atoms with Gasteiger partial charge in [0.05, 0.1) is 12.4 Å². The number of benzene rings is 2. The predicted octanol–water partition coefficient (Wildman–Crippen LogP) is 4.61.